The maximum Gasteiger partial charge on any atom is 0.313 e. The first-order chi connectivity index (χ1) is 18.7. The third-order valence-corrected chi connectivity index (χ3v) is 8.59. The average Bonchev–Trinajstić information content (AvgIpc) is 3.59. The third kappa shape index (κ3) is 4.06. The SMILES string of the molecule is C=CCOC(=O)[C@H]1[C@H]2C(=O)N(CCCO)C(C(=O)N(CC=C)Cn3nnc4ccccc43)C23CC(C)[C@]1(C)O3. The highest BCUT2D eigenvalue weighted by molar-refractivity contribution is 5.98. The van der Waals surface area contributed by atoms with Gasteiger partial charge in [0.2, 0.25) is 11.8 Å². The summed E-state index contributed by atoms with van der Waals surface area (Å²) in [5, 5.41) is 18.0. The summed E-state index contributed by atoms with van der Waals surface area (Å²) < 4.78 is 13.7. The standard InChI is InChI=1S/C28H35N5O6/c1-5-12-31(17-33-20-11-8-7-10-19(20)29-30-33)25(36)23-28-16-18(3)27(4,39-28)22(26(37)38-15-6-2)21(28)24(35)32(23)13-9-14-34/h5-8,10-11,18,21-23,34H,1-2,9,12-17H2,3-4H3/t18?,21-,22+,23?,27-,28?/m0/s1. The molecule has 11 heteroatoms. The summed E-state index contributed by atoms with van der Waals surface area (Å²) in [6, 6.07) is 6.46. The van der Waals surface area contributed by atoms with Gasteiger partial charge in [-0.2, -0.15) is 0 Å². The Morgan fingerprint density at radius 1 is 1.31 bits per heavy atom. The zero-order chi connectivity index (χ0) is 27.9. The van der Waals surface area contributed by atoms with E-state index in [1.54, 1.807) is 15.7 Å². The maximum atomic E-state index is 14.5. The molecule has 11 nitrogen and oxygen atoms in total. The number of carbonyl (C=O) groups excluding carboxylic acids is 3. The van der Waals surface area contributed by atoms with Crippen LogP contribution >= 0.6 is 0 Å². The lowest BCUT2D eigenvalue weighted by molar-refractivity contribution is -0.161. The first-order valence-electron chi connectivity index (χ1n) is 13.3. The highest BCUT2D eigenvalue weighted by atomic mass is 16.6. The second-order valence-corrected chi connectivity index (χ2v) is 10.8. The van der Waals surface area contributed by atoms with Crippen LogP contribution in [0.25, 0.3) is 11.0 Å². The molecule has 1 aromatic heterocycles. The molecule has 208 valence electrons. The first-order valence-corrected chi connectivity index (χ1v) is 13.3. The predicted octanol–water partition coefficient (Wildman–Crippen LogP) is 1.53. The van der Waals surface area contributed by atoms with Gasteiger partial charge in [-0.25, -0.2) is 4.68 Å². The van der Waals surface area contributed by atoms with Gasteiger partial charge >= 0.3 is 5.97 Å². The van der Waals surface area contributed by atoms with Crippen molar-refractivity contribution in [3.05, 3.63) is 49.6 Å². The Bertz CT molecular complexity index is 1310. The van der Waals surface area contributed by atoms with Crippen molar-refractivity contribution in [1.29, 1.82) is 0 Å². The summed E-state index contributed by atoms with van der Waals surface area (Å²) in [4.78, 5) is 44.8. The number of esters is 1. The lowest BCUT2D eigenvalue weighted by atomic mass is 9.62. The quantitative estimate of drug-likeness (QED) is 0.338. The molecule has 0 radical (unpaired) electrons. The van der Waals surface area contributed by atoms with E-state index in [0.717, 1.165) is 5.52 Å². The second-order valence-electron chi connectivity index (χ2n) is 10.8. The van der Waals surface area contributed by atoms with Crippen LogP contribution in [0.15, 0.2) is 49.6 Å². The van der Waals surface area contributed by atoms with Crippen molar-refractivity contribution in [2.45, 2.75) is 50.6 Å². The van der Waals surface area contributed by atoms with Gasteiger partial charge < -0.3 is 24.4 Å². The molecule has 5 rings (SSSR count). The largest absolute Gasteiger partial charge is 0.461 e. The number of hydrogen-bond acceptors (Lipinski definition) is 8. The van der Waals surface area contributed by atoms with E-state index in [4.69, 9.17) is 9.47 Å². The third-order valence-electron chi connectivity index (χ3n) is 8.59. The van der Waals surface area contributed by atoms with E-state index in [9.17, 15) is 19.5 Å². The number of benzene rings is 1. The summed E-state index contributed by atoms with van der Waals surface area (Å²) >= 11 is 0. The van der Waals surface area contributed by atoms with Crippen molar-refractivity contribution in [2.75, 3.05) is 26.3 Å². The molecule has 0 saturated carbocycles. The Morgan fingerprint density at radius 2 is 2.08 bits per heavy atom. The van der Waals surface area contributed by atoms with Crippen molar-refractivity contribution in [3.8, 4) is 0 Å². The number of aromatic nitrogens is 3. The number of carbonyl (C=O) groups is 3. The lowest BCUT2D eigenvalue weighted by Crippen LogP contribution is -2.57. The Kier molecular flexibility index (Phi) is 7.06. The van der Waals surface area contributed by atoms with Crippen LogP contribution in [0.4, 0.5) is 0 Å². The minimum absolute atomic E-state index is 0.0171. The summed E-state index contributed by atoms with van der Waals surface area (Å²) in [7, 11) is 0. The van der Waals surface area contributed by atoms with Crippen LogP contribution in [-0.4, -0.2) is 91.2 Å². The average molecular weight is 538 g/mol. The Hall–Kier alpha value is -3.57. The number of hydrogen-bond donors (Lipinski definition) is 1. The smallest absolute Gasteiger partial charge is 0.313 e. The van der Waals surface area contributed by atoms with Gasteiger partial charge in [0.15, 0.2) is 0 Å². The molecule has 0 aliphatic carbocycles. The highest BCUT2D eigenvalue weighted by Crippen LogP contribution is 2.65. The Morgan fingerprint density at radius 3 is 2.79 bits per heavy atom. The lowest BCUT2D eigenvalue weighted by Gasteiger charge is -2.37. The molecule has 1 spiro atoms. The van der Waals surface area contributed by atoms with Crippen LogP contribution in [-0.2, 0) is 30.5 Å². The van der Waals surface area contributed by atoms with E-state index >= 15 is 0 Å². The number of amides is 2. The van der Waals surface area contributed by atoms with Gasteiger partial charge in [0.05, 0.1) is 17.0 Å². The number of aliphatic hydroxyl groups excluding tert-OH is 1. The Labute approximate surface area is 227 Å². The molecule has 1 N–H and O–H groups in total. The number of rotatable bonds is 11. The summed E-state index contributed by atoms with van der Waals surface area (Å²) in [6.07, 6.45) is 3.81. The fourth-order valence-electron chi connectivity index (χ4n) is 6.82. The zero-order valence-electron chi connectivity index (χ0n) is 22.4. The summed E-state index contributed by atoms with van der Waals surface area (Å²) in [6.45, 7) is 11.6. The minimum atomic E-state index is -1.21. The normalized spacial score (nSPS) is 30.9. The van der Waals surface area contributed by atoms with Crippen LogP contribution in [0.3, 0.4) is 0 Å². The first kappa shape index (κ1) is 27.0. The van der Waals surface area contributed by atoms with Gasteiger partial charge in [0, 0.05) is 19.7 Å². The second kappa shape index (κ2) is 10.2. The monoisotopic (exact) mass is 537 g/mol. The molecule has 3 aliphatic heterocycles. The number of likely N-dealkylation sites (tertiary alicyclic amines) is 1. The molecular formula is C28H35N5O6. The molecule has 2 amide bonds. The summed E-state index contributed by atoms with van der Waals surface area (Å²) in [5.74, 6) is -3.04. The van der Waals surface area contributed by atoms with E-state index < -0.39 is 35.0 Å². The van der Waals surface area contributed by atoms with Crippen molar-refractivity contribution < 1.29 is 29.0 Å². The predicted molar refractivity (Wildman–Crippen MR) is 141 cm³/mol. The van der Waals surface area contributed by atoms with E-state index in [1.807, 2.05) is 38.1 Å². The fourth-order valence-corrected chi connectivity index (χ4v) is 6.82. The maximum absolute atomic E-state index is 14.5. The van der Waals surface area contributed by atoms with Crippen molar-refractivity contribution in [2.24, 2.45) is 17.8 Å². The molecule has 2 bridgehead atoms. The fraction of sp³-hybridized carbons (Fsp3) is 0.536. The van der Waals surface area contributed by atoms with Crippen LogP contribution in [0, 0.1) is 17.8 Å². The van der Waals surface area contributed by atoms with Gasteiger partial charge in [0.1, 0.15) is 36.4 Å². The van der Waals surface area contributed by atoms with E-state index in [2.05, 4.69) is 23.5 Å². The topological polar surface area (TPSA) is 127 Å². The van der Waals surface area contributed by atoms with Gasteiger partial charge in [0.25, 0.3) is 0 Å². The van der Waals surface area contributed by atoms with Crippen molar-refractivity contribution in [3.63, 3.8) is 0 Å². The van der Waals surface area contributed by atoms with Crippen molar-refractivity contribution in [1.82, 2.24) is 24.8 Å². The van der Waals surface area contributed by atoms with Crippen LogP contribution in [0.1, 0.15) is 26.7 Å². The van der Waals surface area contributed by atoms with E-state index in [0.29, 0.717) is 11.9 Å². The number of aliphatic hydroxyl groups is 1. The molecule has 6 atom stereocenters. The molecule has 3 saturated heterocycles. The highest BCUT2D eigenvalue weighted by Gasteiger charge is 2.80. The zero-order valence-corrected chi connectivity index (χ0v) is 22.4. The molecule has 39 heavy (non-hydrogen) atoms. The van der Waals surface area contributed by atoms with Crippen LogP contribution < -0.4 is 0 Å². The molecule has 3 fully saturated rings. The van der Waals surface area contributed by atoms with Gasteiger partial charge in [-0.1, -0.05) is 43.0 Å². The van der Waals surface area contributed by atoms with Gasteiger partial charge in [-0.05, 0) is 37.8 Å². The molecule has 3 aliphatic rings. The van der Waals surface area contributed by atoms with E-state index in [-0.39, 0.29) is 57.1 Å². The minimum Gasteiger partial charge on any atom is -0.461 e. The van der Waals surface area contributed by atoms with Crippen LogP contribution in [0.5, 0.6) is 0 Å². The number of para-hydroxylation sites is 1. The molecule has 1 aromatic carbocycles. The van der Waals surface area contributed by atoms with Gasteiger partial charge in [-0.3, -0.25) is 14.4 Å². The molecule has 3 unspecified atom stereocenters. The number of nitrogens with zero attached hydrogens (tertiary/aromatic N) is 5. The summed E-state index contributed by atoms with van der Waals surface area (Å²) in [5.41, 5.74) is -0.715. The molecular weight excluding hydrogens is 502 g/mol. The van der Waals surface area contributed by atoms with E-state index in [1.165, 1.54) is 11.0 Å². The van der Waals surface area contributed by atoms with Crippen LogP contribution in [0.2, 0.25) is 0 Å². The Balaban J connectivity index is 1.55. The number of ether oxygens (including phenoxy) is 2. The van der Waals surface area contributed by atoms with Gasteiger partial charge in [-0.15, -0.1) is 11.7 Å². The molecule has 4 heterocycles. The number of fused-ring (bicyclic) bond motifs is 2. The molecule has 2 aromatic rings. The van der Waals surface area contributed by atoms with Crippen molar-refractivity contribution >= 4 is 28.8 Å².